The number of benzene rings is 7. The molecular weight excluding hydrogens is 609 g/mol. The Hall–Kier alpha value is -6.58. The SMILES string of the molecule is c1ccc(-c2nc(-c3ccc4c(c3)C(c3ccccc3)(c3ccccc3)c3ccccc3-4)cc(-c3ccc4c(c3)oc3ccccc34)n2)cc1. The van der Waals surface area contributed by atoms with Crippen molar-refractivity contribution in [3.05, 3.63) is 204 Å². The van der Waals surface area contributed by atoms with Crippen LogP contribution in [0.2, 0.25) is 0 Å². The quantitative estimate of drug-likeness (QED) is 0.188. The van der Waals surface area contributed by atoms with Crippen LogP contribution < -0.4 is 0 Å². The van der Waals surface area contributed by atoms with Crippen molar-refractivity contribution in [1.82, 2.24) is 9.97 Å². The van der Waals surface area contributed by atoms with E-state index in [1.807, 2.05) is 36.4 Å². The third kappa shape index (κ3) is 4.30. The number of furan rings is 1. The molecule has 7 aromatic carbocycles. The molecular formula is C47H30N2O. The molecule has 0 N–H and O–H groups in total. The smallest absolute Gasteiger partial charge is 0.160 e. The zero-order valence-corrected chi connectivity index (χ0v) is 27.1. The molecule has 0 atom stereocenters. The summed E-state index contributed by atoms with van der Waals surface area (Å²) in [5, 5.41) is 2.21. The van der Waals surface area contributed by atoms with Crippen LogP contribution in [0.4, 0.5) is 0 Å². The van der Waals surface area contributed by atoms with Gasteiger partial charge in [-0.05, 0) is 63.7 Å². The first-order valence-electron chi connectivity index (χ1n) is 17.0. The molecule has 3 heteroatoms. The number of hydrogen-bond acceptors (Lipinski definition) is 3. The molecule has 2 aromatic heterocycles. The van der Waals surface area contributed by atoms with Crippen molar-refractivity contribution in [2.24, 2.45) is 0 Å². The van der Waals surface area contributed by atoms with Gasteiger partial charge in [-0.15, -0.1) is 0 Å². The maximum absolute atomic E-state index is 6.29. The van der Waals surface area contributed by atoms with E-state index in [2.05, 4.69) is 146 Å². The topological polar surface area (TPSA) is 38.9 Å². The van der Waals surface area contributed by atoms with Crippen molar-refractivity contribution >= 4 is 21.9 Å². The summed E-state index contributed by atoms with van der Waals surface area (Å²) < 4.78 is 6.29. The second-order valence-electron chi connectivity index (χ2n) is 12.9. The molecule has 0 spiro atoms. The summed E-state index contributed by atoms with van der Waals surface area (Å²) in [7, 11) is 0. The minimum Gasteiger partial charge on any atom is -0.456 e. The van der Waals surface area contributed by atoms with Gasteiger partial charge in [-0.25, -0.2) is 9.97 Å². The molecule has 0 saturated carbocycles. The Morgan fingerprint density at radius 3 is 1.68 bits per heavy atom. The van der Waals surface area contributed by atoms with E-state index in [4.69, 9.17) is 14.4 Å². The summed E-state index contributed by atoms with van der Waals surface area (Å²) in [5.74, 6) is 0.684. The molecule has 3 nitrogen and oxygen atoms in total. The highest BCUT2D eigenvalue weighted by atomic mass is 16.3. The van der Waals surface area contributed by atoms with Crippen molar-refractivity contribution in [1.29, 1.82) is 0 Å². The molecule has 0 unspecified atom stereocenters. The molecule has 10 rings (SSSR count). The first-order chi connectivity index (χ1) is 24.8. The van der Waals surface area contributed by atoms with Gasteiger partial charge in [-0.1, -0.05) is 152 Å². The second-order valence-corrected chi connectivity index (χ2v) is 12.9. The van der Waals surface area contributed by atoms with Crippen LogP contribution in [0.3, 0.4) is 0 Å². The first-order valence-corrected chi connectivity index (χ1v) is 17.0. The van der Waals surface area contributed by atoms with Gasteiger partial charge in [0.25, 0.3) is 0 Å². The fraction of sp³-hybridized carbons (Fsp3) is 0.0213. The molecule has 0 amide bonds. The normalized spacial score (nSPS) is 13.0. The summed E-state index contributed by atoms with van der Waals surface area (Å²) in [6.07, 6.45) is 0. The fourth-order valence-electron chi connectivity index (χ4n) is 7.95. The average molecular weight is 639 g/mol. The van der Waals surface area contributed by atoms with E-state index in [1.165, 1.54) is 33.4 Å². The lowest BCUT2D eigenvalue weighted by atomic mass is 9.67. The van der Waals surface area contributed by atoms with E-state index < -0.39 is 5.41 Å². The third-order valence-corrected chi connectivity index (χ3v) is 10.2. The number of rotatable bonds is 5. The molecule has 0 radical (unpaired) electrons. The van der Waals surface area contributed by atoms with Gasteiger partial charge in [0, 0.05) is 27.5 Å². The van der Waals surface area contributed by atoms with Gasteiger partial charge < -0.3 is 4.42 Å². The van der Waals surface area contributed by atoms with Crippen LogP contribution in [0.25, 0.3) is 67.0 Å². The van der Waals surface area contributed by atoms with Gasteiger partial charge in [-0.2, -0.15) is 0 Å². The predicted molar refractivity (Wildman–Crippen MR) is 203 cm³/mol. The first kappa shape index (κ1) is 28.4. The zero-order chi connectivity index (χ0) is 33.1. The van der Waals surface area contributed by atoms with Crippen LogP contribution in [-0.2, 0) is 5.41 Å². The average Bonchev–Trinajstić information content (AvgIpc) is 3.72. The minimum atomic E-state index is -0.491. The second kappa shape index (κ2) is 11.3. The summed E-state index contributed by atoms with van der Waals surface area (Å²) >= 11 is 0. The van der Waals surface area contributed by atoms with Gasteiger partial charge >= 0.3 is 0 Å². The Labute approximate surface area is 290 Å². The molecule has 0 saturated heterocycles. The van der Waals surface area contributed by atoms with Crippen LogP contribution in [0, 0.1) is 0 Å². The molecule has 1 aliphatic carbocycles. The van der Waals surface area contributed by atoms with Crippen molar-refractivity contribution in [2.75, 3.05) is 0 Å². The molecule has 234 valence electrons. The maximum atomic E-state index is 6.29. The summed E-state index contributed by atoms with van der Waals surface area (Å²) in [6.45, 7) is 0. The monoisotopic (exact) mass is 638 g/mol. The fourth-order valence-corrected chi connectivity index (χ4v) is 7.95. The van der Waals surface area contributed by atoms with Gasteiger partial charge in [0.2, 0.25) is 0 Å². The van der Waals surface area contributed by atoms with E-state index in [-0.39, 0.29) is 0 Å². The standard InChI is InChI=1S/C47H30N2O/c1-4-14-31(15-5-1)46-48-42(30-43(49-46)33-25-27-39-38-21-11-13-23-44(38)50-45(39)29-33)32-24-26-37-36-20-10-12-22-40(36)47(41(37)28-32,34-16-6-2-7-17-34)35-18-8-3-9-19-35/h1-30H. The highest BCUT2D eigenvalue weighted by Gasteiger charge is 2.46. The lowest BCUT2D eigenvalue weighted by Gasteiger charge is -2.34. The number of para-hydroxylation sites is 1. The van der Waals surface area contributed by atoms with Crippen molar-refractivity contribution in [3.8, 4) is 45.0 Å². The predicted octanol–water partition coefficient (Wildman–Crippen LogP) is 11.7. The zero-order valence-electron chi connectivity index (χ0n) is 27.1. The Morgan fingerprint density at radius 1 is 0.380 bits per heavy atom. The summed E-state index contributed by atoms with van der Waals surface area (Å²) in [5.41, 5.74) is 13.4. The van der Waals surface area contributed by atoms with E-state index in [0.717, 1.165) is 50.0 Å². The van der Waals surface area contributed by atoms with Crippen LogP contribution in [0.15, 0.2) is 186 Å². The van der Waals surface area contributed by atoms with Crippen LogP contribution in [0.5, 0.6) is 0 Å². The minimum absolute atomic E-state index is 0.491. The lowest BCUT2D eigenvalue weighted by Crippen LogP contribution is -2.28. The molecule has 50 heavy (non-hydrogen) atoms. The van der Waals surface area contributed by atoms with Gasteiger partial charge in [-0.3, -0.25) is 0 Å². The lowest BCUT2D eigenvalue weighted by molar-refractivity contribution is 0.669. The number of hydrogen-bond donors (Lipinski definition) is 0. The maximum Gasteiger partial charge on any atom is 0.160 e. The van der Waals surface area contributed by atoms with E-state index in [1.54, 1.807) is 0 Å². The third-order valence-electron chi connectivity index (χ3n) is 10.2. The number of fused-ring (bicyclic) bond motifs is 6. The molecule has 9 aromatic rings. The molecule has 0 aliphatic heterocycles. The molecule has 1 aliphatic rings. The molecule has 0 bridgehead atoms. The Bertz CT molecular complexity index is 2660. The van der Waals surface area contributed by atoms with Crippen molar-refractivity contribution in [2.45, 2.75) is 5.41 Å². The largest absolute Gasteiger partial charge is 0.456 e. The number of aromatic nitrogens is 2. The Morgan fingerprint density at radius 2 is 0.940 bits per heavy atom. The van der Waals surface area contributed by atoms with E-state index >= 15 is 0 Å². The van der Waals surface area contributed by atoms with Crippen molar-refractivity contribution < 1.29 is 4.42 Å². The molecule has 2 heterocycles. The van der Waals surface area contributed by atoms with Gasteiger partial charge in [0.15, 0.2) is 5.82 Å². The van der Waals surface area contributed by atoms with Crippen molar-refractivity contribution in [3.63, 3.8) is 0 Å². The summed E-state index contributed by atoms with van der Waals surface area (Å²) in [4.78, 5) is 10.4. The Kier molecular flexibility index (Phi) is 6.40. The van der Waals surface area contributed by atoms with Crippen LogP contribution >= 0.6 is 0 Å². The Balaban J connectivity index is 1.21. The van der Waals surface area contributed by atoms with Gasteiger partial charge in [0.1, 0.15) is 11.2 Å². The summed E-state index contributed by atoms with van der Waals surface area (Å²) in [6, 6.07) is 64.4. The van der Waals surface area contributed by atoms with Crippen LogP contribution in [-0.4, -0.2) is 9.97 Å². The van der Waals surface area contributed by atoms with E-state index in [0.29, 0.717) is 5.82 Å². The molecule has 0 fully saturated rings. The van der Waals surface area contributed by atoms with Gasteiger partial charge in [0.05, 0.1) is 16.8 Å². The highest BCUT2D eigenvalue weighted by molar-refractivity contribution is 6.05. The number of nitrogens with zero attached hydrogens (tertiary/aromatic N) is 2. The highest BCUT2D eigenvalue weighted by Crippen LogP contribution is 2.56. The van der Waals surface area contributed by atoms with Crippen LogP contribution in [0.1, 0.15) is 22.3 Å². The van der Waals surface area contributed by atoms with E-state index in [9.17, 15) is 0 Å².